The molecule has 2 heterocycles. The molecule has 1 fully saturated rings. The number of nitrogens with zero attached hydrogens (tertiary/aromatic N) is 3. The van der Waals surface area contributed by atoms with Crippen LogP contribution in [-0.4, -0.2) is 39.7 Å². The number of aryl methyl sites for hydroxylation is 1. The lowest BCUT2D eigenvalue weighted by molar-refractivity contribution is -0.137. The predicted octanol–water partition coefficient (Wildman–Crippen LogP) is 2.54. The zero-order chi connectivity index (χ0) is 19.8. The highest BCUT2D eigenvalue weighted by atomic mass is 35.5. The van der Waals surface area contributed by atoms with Crippen molar-refractivity contribution in [2.75, 3.05) is 13.1 Å². The first-order valence-corrected chi connectivity index (χ1v) is 8.51. The average Bonchev–Trinajstić information content (AvgIpc) is 2.60. The maximum atomic E-state index is 13.3. The molecule has 0 saturated carbocycles. The van der Waals surface area contributed by atoms with Gasteiger partial charge in [0.05, 0.1) is 11.3 Å². The highest BCUT2D eigenvalue weighted by Gasteiger charge is 2.34. The van der Waals surface area contributed by atoms with Crippen LogP contribution < -0.4 is 11.2 Å². The molecule has 0 spiro atoms. The third kappa shape index (κ3) is 4.36. The Hall–Kier alpha value is -2.39. The summed E-state index contributed by atoms with van der Waals surface area (Å²) in [7, 11) is 0. The first-order chi connectivity index (χ1) is 12.7. The van der Waals surface area contributed by atoms with E-state index in [1.54, 1.807) is 0 Å². The summed E-state index contributed by atoms with van der Waals surface area (Å²) in [6.07, 6.45) is -3.13. The Bertz CT molecular complexity index is 930. The maximum Gasteiger partial charge on any atom is 0.418 e. The number of piperidine rings is 1. The van der Waals surface area contributed by atoms with Gasteiger partial charge in [-0.1, -0.05) is 12.1 Å². The van der Waals surface area contributed by atoms with Crippen molar-refractivity contribution in [2.24, 2.45) is 5.73 Å². The van der Waals surface area contributed by atoms with Crippen LogP contribution in [0.2, 0.25) is 0 Å². The van der Waals surface area contributed by atoms with Crippen molar-refractivity contribution in [3.63, 3.8) is 0 Å². The van der Waals surface area contributed by atoms with Gasteiger partial charge in [-0.2, -0.15) is 18.3 Å². The summed E-state index contributed by atoms with van der Waals surface area (Å²) >= 11 is 0. The lowest BCUT2D eigenvalue weighted by Gasteiger charge is -2.30. The number of aromatic nitrogens is 2. The molecule has 2 N–H and O–H groups in total. The zero-order valence-corrected chi connectivity index (χ0v) is 15.9. The number of hydrogen-bond donors (Lipinski definition) is 1. The Kier molecular flexibility index (Phi) is 6.51. The third-order valence-electron chi connectivity index (χ3n) is 4.49. The summed E-state index contributed by atoms with van der Waals surface area (Å²) in [5.41, 5.74) is 3.89. The molecule has 0 bridgehead atoms. The van der Waals surface area contributed by atoms with Crippen LogP contribution >= 0.6 is 12.4 Å². The molecule has 1 atom stereocenters. The average molecular weight is 417 g/mol. The van der Waals surface area contributed by atoms with Gasteiger partial charge in [0.2, 0.25) is 5.43 Å². The fourth-order valence-corrected chi connectivity index (χ4v) is 3.18. The van der Waals surface area contributed by atoms with Crippen LogP contribution in [0.3, 0.4) is 0 Å². The maximum absolute atomic E-state index is 13.3. The van der Waals surface area contributed by atoms with Crippen molar-refractivity contribution in [1.29, 1.82) is 0 Å². The van der Waals surface area contributed by atoms with Crippen LogP contribution in [0.15, 0.2) is 35.1 Å². The molecule has 1 unspecified atom stereocenters. The number of alkyl halides is 3. The molecule has 0 aliphatic carbocycles. The smallest absolute Gasteiger partial charge is 0.336 e. The van der Waals surface area contributed by atoms with Crippen molar-refractivity contribution < 1.29 is 18.0 Å². The fraction of sp³-hybridized carbons (Fsp3) is 0.389. The van der Waals surface area contributed by atoms with E-state index < -0.39 is 28.8 Å². The molecule has 28 heavy (non-hydrogen) atoms. The monoisotopic (exact) mass is 416 g/mol. The Balaban J connectivity index is 0.00000280. The largest absolute Gasteiger partial charge is 0.418 e. The molecule has 1 aliphatic heterocycles. The Morgan fingerprint density at radius 2 is 1.96 bits per heavy atom. The molecule has 2 aromatic rings. The number of benzene rings is 1. The van der Waals surface area contributed by atoms with Crippen LogP contribution in [0.1, 0.15) is 34.6 Å². The molecule has 1 aromatic carbocycles. The van der Waals surface area contributed by atoms with Crippen LogP contribution in [-0.2, 0) is 6.18 Å². The second-order valence-corrected chi connectivity index (χ2v) is 6.58. The van der Waals surface area contributed by atoms with Crippen LogP contribution in [0.5, 0.6) is 0 Å². The highest BCUT2D eigenvalue weighted by molar-refractivity contribution is 5.92. The molecular weight excluding hydrogens is 397 g/mol. The van der Waals surface area contributed by atoms with Gasteiger partial charge >= 0.3 is 6.18 Å². The lowest BCUT2D eigenvalue weighted by atomic mass is 10.1. The van der Waals surface area contributed by atoms with Gasteiger partial charge in [-0.05, 0) is 31.9 Å². The quantitative estimate of drug-likeness (QED) is 0.815. The first kappa shape index (κ1) is 21.9. The Labute approximate surface area is 165 Å². The van der Waals surface area contributed by atoms with E-state index in [0.717, 1.165) is 23.2 Å². The van der Waals surface area contributed by atoms with Gasteiger partial charge in [0, 0.05) is 30.9 Å². The number of hydrogen-bond acceptors (Lipinski definition) is 4. The highest BCUT2D eigenvalue weighted by Crippen LogP contribution is 2.33. The minimum absolute atomic E-state index is 0. The van der Waals surface area contributed by atoms with Crippen molar-refractivity contribution in [1.82, 2.24) is 14.7 Å². The molecule has 10 heteroatoms. The minimum atomic E-state index is -4.60. The van der Waals surface area contributed by atoms with Gasteiger partial charge in [0.15, 0.2) is 5.69 Å². The topological polar surface area (TPSA) is 81.2 Å². The van der Waals surface area contributed by atoms with Crippen molar-refractivity contribution in [3.8, 4) is 5.69 Å². The van der Waals surface area contributed by atoms with Gasteiger partial charge in [-0.3, -0.25) is 9.59 Å². The van der Waals surface area contributed by atoms with Crippen LogP contribution in [0.4, 0.5) is 13.2 Å². The van der Waals surface area contributed by atoms with E-state index in [1.165, 1.54) is 30.0 Å². The fourth-order valence-electron chi connectivity index (χ4n) is 3.18. The molecule has 6 nitrogen and oxygen atoms in total. The zero-order valence-electron chi connectivity index (χ0n) is 15.1. The van der Waals surface area contributed by atoms with Crippen molar-refractivity contribution >= 4 is 18.3 Å². The number of carbonyl (C=O) groups is 1. The summed E-state index contributed by atoms with van der Waals surface area (Å²) in [5.74, 6) is -0.617. The first-order valence-electron chi connectivity index (χ1n) is 8.51. The Morgan fingerprint density at radius 1 is 1.29 bits per heavy atom. The number of likely N-dealkylation sites (tertiary alicyclic amines) is 1. The summed E-state index contributed by atoms with van der Waals surface area (Å²) in [5, 5.41) is 3.99. The summed E-state index contributed by atoms with van der Waals surface area (Å²) in [4.78, 5) is 26.4. The van der Waals surface area contributed by atoms with Gasteiger partial charge in [-0.25, -0.2) is 4.68 Å². The second kappa shape index (κ2) is 8.32. The Morgan fingerprint density at radius 3 is 2.61 bits per heavy atom. The van der Waals surface area contributed by atoms with Crippen LogP contribution in [0, 0.1) is 6.92 Å². The number of carbonyl (C=O) groups excluding carboxylic acids is 1. The number of rotatable bonds is 2. The van der Waals surface area contributed by atoms with E-state index in [2.05, 4.69) is 5.10 Å². The van der Waals surface area contributed by atoms with Crippen molar-refractivity contribution in [3.05, 3.63) is 57.5 Å². The van der Waals surface area contributed by atoms with Crippen molar-refractivity contribution in [2.45, 2.75) is 32.0 Å². The van der Waals surface area contributed by atoms with Gasteiger partial charge in [0.25, 0.3) is 5.91 Å². The van der Waals surface area contributed by atoms with E-state index in [0.29, 0.717) is 13.0 Å². The van der Waals surface area contributed by atoms with Gasteiger partial charge in [0.1, 0.15) is 0 Å². The van der Waals surface area contributed by atoms with Crippen LogP contribution in [0.25, 0.3) is 5.69 Å². The molecule has 1 saturated heterocycles. The summed E-state index contributed by atoms with van der Waals surface area (Å²) in [6.45, 7) is 2.18. The normalized spacial score (nSPS) is 17.2. The van der Waals surface area contributed by atoms with Gasteiger partial charge in [-0.15, -0.1) is 12.4 Å². The number of amides is 1. The second-order valence-electron chi connectivity index (χ2n) is 6.58. The van der Waals surface area contributed by atoms with E-state index in [-0.39, 0.29) is 36.4 Å². The summed E-state index contributed by atoms with van der Waals surface area (Å²) in [6, 6.07) is 5.82. The molecule has 1 aliphatic rings. The molecule has 1 aromatic heterocycles. The SMILES string of the molecule is Cc1cc(=O)c(C(=O)N2CCCC(N)C2)nn1-c1ccccc1C(F)(F)F.Cl. The van der Waals surface area contributed by atoms with E-state index in [1.807, 2.05) is 0 Å². The standard InChI is InChI=1S/C18H19F3N4O2.ClH/c1-11-9-15(26)16(17(27)24-8-4-5-12(22)10-24)23-25(11)14-7-3-2-6-13(14)18(19,20)21;/h2-3,6-7,9,12H,4-5,8,10,22H2,1H3;1H. The molecule has 3 rings (SSSR count). The third-order valence-corrected chi connectivity index (χ3v) is 4.49. The number of halogens is 4. The van der Waals surface area contributed by atoms with E-state index in [9.17, 15) is 22.8 Å². The van der Waals surface area contributed by atoms with E-state index >= 15 is 0 Å². The molecular formula is C18H20ClF3N4O2. The number of nitrogens with two attached hydrogens (primary N) is 1. The minimum Gasteiger partial charge on any atom is -0.336 e. The van der Waals surface area contributed by atoms with E-state index in [4.69, 9.17) is 5.73 Å². The summed E-state index contributed by atoms with van der Waals surface area (Å²) < 4.78 is 41.0. The number of para-hydroxylation sites is 1. The predicted molar refractivity (Wildman–Crippen MR) is 99.9 cm³/mol. The lowest BCUT2D eigenvalue weighted by Crippen LogP contribution is -2.47. The van der Waals surface area contributed by atoms with Gasteiger partial charge < -0.3 is 10.6 Å². The molecule has 1 amide bonds. The molecule has 152 valence electrons. The molecule has 0 radical (unpaired) electrons.